The van der Waals surface area contributed by atoms with E-state index in [4.69, 9.17) is 14.2 Å². The lowest BCUT2D eigenvalue weighted by Gasteiger charge is -2.29. The first-order chi connectivity index (χ1) is 33.2. The summed E-state index contributed by atoms with van der Waals surface area (Å²) < 4.78 is 17.5. The van der Waals surface area contributed by atoms with E-state index in [0.29, 0.717) is 26.2 Å². The van der Waals surface area contributed by atoms with Gasteiger partial charge in [0.2, 0.25) is 0 Å². The highest BCUT2D eigenvalue weighted by Crippen LogP contribution is 2.29. The summed E-state index contributed by atoms with van der Waals surface area (Å²) in [5, 5.41) is 12.0. The predicted octanol–water partition coefficient (Wildman–Crippen LogP) is 17.0. The minimum absolute atomic E-state index is 0.0171. The first kappa shape index (κ1) is 64.3. The van der Waals surface area contributed by atoms with Gasteiger partial charge in [0.1, 0.15) is 0 Å². The maximum absolute atomic E-state index is 13.2. The number of ether oxygens (including phenoxy) is 3. The summed E-state index contributed by atoms with van der Waals surface area (Å²) in [6.45, 7) is 12.3. The van der Waals surface area contributed by atoms with Crippen LogP contribution < -0.4 is 0 Å². The highest BCUT2D eigenvalue weighted by atomic mass is 16.5. The van der Waals surface area contributed by atoms with Crippen LogP contribution in [0.2, 0.25) is 0 Å². The van der Waals surface area contributed by atoms with Gasteiger partial charge in [0.15, 0.2) is 0 Å². The zero-order valence-electron chi connectivity index (χ0n) is 46.0. The molecule has 0 aromatic rings. The zero-order valence-corrected chi connectivity index (χ0v) is 46.0. The molecule has 0 bridgehead atoms. The number of rotatable bonds is 50. The van der Waals surface area contributed by atoms with E-state index in [1.807, 2.05) is 0 Å². The van der Waals surface area contributed by atoms with Gasteiger partial charge in [0.25, 0.3) is 0 Å². The number of esters is 3. The SMILES string of the molecule is CCCCCCCCC(CCCCCCCC)C(=O)OCCCCCCC(O)(CCCCCCOC(=O)C(CCCCCCCC)CCCCCCCC)CCCCOC(=O)C1CCN(C)CC1. The summed E-state index contributed by atoms with van der Waals surface area (Å²) in [6, 6.07) is 0. The van der Waals surface area contributed by atoms with Crippen molar-refractivity contribution in [2.75, 3.05) is 40.0 Å². The van der Waals surface area contributed by atoms with Crippen LogP contribution in [0.3, 0.4) is 0 Å². The second-order valence-corrected chi connectivity index (χ2v) is 21.7. The molecule has 1 N–H and O–H groups in total. The third-order valence-electron chi connectivity index (χ3n) is 15.2. The normalized spacial score (nSPS) is 13.8. The van der Waals surface area contributed by atoms with Gasteiger partial charge in [0, 0.05) is 0 Å². The molecular weight excluding hydrogens is 847 g/mol. The predicted molar refractivity (Wildman–Crippen MR) is 287 cm³/mol. The number of likely N-dealkylation sites (tertiary alicyclic amines) is 1. The summed E-state index contributed by atoms with van der Waals surface area (Å²) >= 11 is 0. The van der Waals surface area contributed by atoms with Crippen LogP contribution in [0, 0.1) is 17.8 Å². The smallest absolute Gasteiger partial charge is 0.309 e. The molecule has 0 spiro atoms. The quantitative estimate of drug-likeness (QED) is 0.0365. The largest absolute Gasteiger partial charge is 0.465 e. The molecule has 1 aliphatic rings. The molecule has 0 saturated carbocycles. The Morgan fingerprint density at radius 3 is 1.07 bits per heavy atom. The Labute approximate surface area is 422 Å². The number of nitrogens with zero attached hydrogens (tertiary/aromatic N) is 1. The van der Waals surface area contributed by atoms with Crippen LogP contribution in [0.5, 0.6) is 0 Å². The van der Waals surface area contributed by atoms with Crippen LogP contribution in [-0.2, 0) is 28.6 Å². The molecule has 0 aliphatic carbocycles. The highest BCUT2D eigenvalue weighted by Gasteiger charge is 2.27. The molecule has 0 atom stereocenters. The fourth-order valence-electron chi connectivity index (χ4n) is 10.3. The van der Waals surface area contributed by atoms with Gasteiger partial charge >= 0.3 is 17.9 Å². The van der Waals surface area contributed by atoms with Gasteiger partial charge in [-0.3, -0.25) is 14.4 Å². The average Bonchev–Trinajstić information content (AvgIpc) is 3.33. The zero-order chi connectivity index (χ0) is 49.6. The van der Waals surface area contributed by atoms with Crippen LogP contribution in [0.25, 0.3) is 0 Å². The van der Waals surface area contributed by atoms with Gasteiger partial charge in [-0.2, -0.15) is 0 Å². The Morgan fingerprint density at radius 2 is 0.706 bits per heavy atom. The summed E-state index contributed by atoms with van der Waals surface area (Å²) in [7, 11) is 2.10. The molecule has 0 unspecified atom stereocenters. The van der Waals surface area contributed by atoms with E-state index >= 15 is 0 Å². The molecule has 0 aromatic heterocycles. The van der Waals surface area contributed by atoms with E-state index in [9.17, 15) is 19.5 Å². The van der Waals surface area contributed by atoms with Crippen molar-refractivity contribution in [2.45, 2.75) is 309 Å². The number of carbonyl (C=O) groups is 3. The van der Waals surface area contributed by atoms with Gasteiger partial charge in [-0.15, -0.1) is 0 Å². The summed E-state index contributed by atoms with van der Waals surface area (Å²) in [6.07, 6.45) is 47.0. The Bertz CT molecular complexity index is 1040. The van der Waals surface area contributed by atoms with E-state index in [1.54, 1.807) is 0 Å². The molecule has 1 fully saturated rings. The summed E-state index contributed by atoms with van der Waals surface area (Å²) in [5.41, 5.74) is -0.739. The maximum atomic E-state index is 13.2. The number of unbranched alkanes of at least 4 members (excludes halogenated alkanes) is 27. The number of hydrogen-bond acceptors (Lipinski definition) is 8. The van der Waals surface area contributed by atoms with Crippen LogP contribution in [0.15, 0.2) is 0 Å². The van der Waals surface area contributed by atoms with Crippen molar-refractivity contribution in [3.05, 3.63) is 0 Å². The van der Waals surface area contributed by atoms with E-state index in [2.05, 4.69) is 39.6 Å². The fraction of sp³-hybridized carbons (Fsp3) is 0.950. The third-order valence-corrected chi connectivity index (χ3v) is 15.2. The van der Waals surface area contributed by atoms with E-state index in [0.717, 1.165) is 154 Å². The Balaban J connectivity index is 2.59. The number of piperidine rings is 1. The Hall–Kier alpha value is -1.67. The van der Waals surface area contributed by atoms with Crippen molar-refractivity contribution < 1.29 is 33.7 Å². The van der Waals surface area contributed by atoms with E-state index in [-0.39, 0.29) is 35.7 Å². The Kier molecular flexibility index (Phi) is 43.9. The lowest BCUT2D eigenvalue weighted by molar-refractivity contribution is -0.150. The fourth-order valence-corrected chi connectivity index (χ4v) is 10.3. The first-order valence-corrected chi connectivity index (χ1v) is 30.1. The minimum Gasteiger partial charge on any atom is -0.465 e. The molecule has 402 valence electrons. The van der Waals surface area contributed by atoms with Crippen molar-refractivity contribution in [3.8, 4) is 0 Å². The first-order valence-electron chi connectivity index (χ1n) is 30.1. The van der Waals surface area contributed by atoms with Crippen LogP contribution in [0.1, 0.15) is 304 Å². The number of aliphatic hydroxyl groups is 1. The van der Waals surface area contributed by atoms with E-state index in [1.165, 1.54) is 128 Å². The third kappa shape index (κ3) is 37.2. The molecule has 0 amide bonds. The van der Waals surface area contributed by atoms with Crippen molar-refractivity contribution in [2.24, 2.45) is 17.8 Å². The van der Waals surface area contributed by atoms with E-state index < -0.39 is 5.60 Å². The van der Waals surface area contributed by atoms with Crippen molar-refractivity contribution >= 4 is 17.9 Å². The standard InChI is InChI=1S/C60H115NO7/c1-6-10-14-18-22-30-40-54(41-31-23-19-15-11-7-2)57(62)66-51-37-28-26-34-46-60(65,48-36-39-53-68-59(64)56-44-49-61(5)50-45-56)47-35-27-29-38-52-67-58(63)55(42-32-24-20-16-12-8-3)43-33-25-21-17-13-9-4/h54-56,65H,6-53H2,1-5H3. The second kappa shape index (κ2) is 46.4. The van der Waals surface area contributed by atoms with Crippen LogP contribution in [-0.4, -0.2) is 73.5 Å². The molecule has 0 radical (unpaired) electrons. The molecule has 0 aromatic carbocycles. The molecule has 1 rings (SSSR count). The van der Waals surface area contributed by atoms with Crippen molar-refractivity contribution in [1.82, 2.24) is 4.90 Å². The van der Waals surface area contributed by atoms with Gasteiger partial charge in [-0.25, -0.2) is 0 Å². The summed E-state index contributed by atoms with van der Waals surface area (Å²) in [5.74, 6) is 0.0927. The average molecular weight is 963 g/mol. The van der Waals surface area contributed by atoms with Gasteiger partial charge in [-0.1, -0.05) is 220 Å². The maximum Gasteiger partial charge on any atom is 0.309 e. The van der Waals surface area contributed by atoms with Gasteiger partial charge in [0.05, 0.1) is 43.2 Å². The topological polar surface area (TPSA) is 102 Å². The molecule has 68 heavy (non-hydrogen) atoms. The highest BCUT2D eigenvalue weighted by molar-refractivity contribution is 5.73. The molecule has 8 heteroatoms. The summed E-state index contributed by atoms with van der Waals surface area (Å²) in [4.78, 5) is 41.4. The second-order valence-electron chi connectivity index (χ2n) is 21.7. The Morgan fingerprint density at radius 1 is 0.426 bits per heavy atom. The molecule has 1 aliphatic heterocycles. The van der Waals surface area contributed by atoms with Gasteiger partial charge in [-0.05, 0) is 104 Å². The molecule has 8 nitrogen and oxygen atoms in total. The lowest BCUT2D eigenvalue weighted by atomic mass is 9.85. The van der Waals surface area contributed by atoms with Gasteiger partial charge < -0.3 is 24.2 Å². The number of hydrogen-bond donors (Lipinski definition) is 1. The monoisotopic (exact) mass is 962 g/mol. The number of carbonyl (C=O) groups excluding carboxylic acids is 3. The van der Waals surface area contributed by atoms with Crippen molar-refractivity contribution in [1.29, 1.82) is 0 Å². The minimum atomic E-state index is -0.739. The molecule has 1 heterocycles. The molecular formula is C60H115NO7. The molecule has 1 saturated heterocycles. The van der Waals surface area contributed by atoms with Crippen molar-refractivity contribution in [3.63, 3.8) is 0 Å². The lowest BCUT2D eigenvalue weighted by Crippen LogP contribution is -2.34. The van der Waals surface area contributed by atoms with Crippen LogP contribution >= 0.6 is 0 Å². The van der Waals surface area contributed by atoms with Crippen LogP contribution in [0.4, 0.5) is 0 Å².